The number of rotatable bonds is 2. The van der Waals surface area contributed by atoms with Gasteiger partial charge in [0.1, 0.15) is 11.5 Å². The zero-order valence-electron chi connectivity index (χ0n) is 43.8. The van der Waals surface area contributed by atoms with Crippen molar-refractivity contribution >= 4 is 43.1 Å². The third kappa shape index (κ3) is 10.8. The number of hydrogen-bond donors (Lipinski definition) is 0. The second-order valence-corrected chi connectivity index (χ2v) is 18.8. The molecular formula is C78H44O2. The molecular weight excluding hydrogens is 969 g/mol. The van der Waals surface area contributed by atoms with Crippen LogP contribution >= 0.6 is 0 Å². The molecule has 368 valence electrons. The highest BCUT2D eigenvalue weighted by Gasteiger charge is 2.15. The molecule has 0 radical (unpaired) electrons. The van der Waals surface area contributed by atoms with E-state index in [1.54, 1.807) is 14.2 Å². The molecule has 0 aliphatic carbocycles. The highest BCUT2D eigenvalue weighted by atomic mass is 16.5. The van der Waals surface area contributed by atoms with Crippen LogP contribution in [0.25, 0.3) is 43.1 Å². The van der Waals surface area contributed by atoms with Crippen LogP contribution in [0.2, 0.25) is 0 Å². The third-order valence-electron chi connectivity index (χ3n) is 13.6. The van der Waals surface area contributed by atoms with Gasteiger partial charge in [0, 0.05) is 66.8 Å². The Morgan fingerprint density at radius 2 is 0.525 bits per heavy atom. The fraction of sp³-hybridized carbons (Fsp3) is 0.0256. The molecule has 0 spiro atoms. The Bertz CT molecular complexity index is 4600. The predicted molar refractivity (Wildman–Crippen MR) is 328 cm³/mol. The first-order valence-electron chi connectivity index (χ1n) is 26.1. The van der Waals surface area contributed by atoms with Gasteiger partial charge in [0.25, 0.3) is 0 Å². The summed E-state index contributed by atoms with van der Waals surface area (Å²) in [4.78, 5) is 0. The van der Waals surface area contributed by atoms with Crippen LogP contribution in [-0.4, -0.2) is 14.2 Å². The largest absolute Gasteiger partial charge is 0.495 e. The lowest BCUT2D eigenvalue weighted by atomic mass is 9.88. The predicted octanol–water partition coefficient (Wildman–Crippen LogP) is 15.6. The van der Waals surface area contributed by atoms with E-state index in [0.717, 1.165) is 61.0 Å². The van der Waals surface area contributed by atoms with Gasteiger partial charge in [-0.3, -0.25) is 0 Å². The van der Waals surface area contributed by atoms with Gasteiger partial charge < -0.3 is 9.47 Å². The van der Waals surface area contributed by atoms with E-state index in [2.05, 4.69) is 150 Å². The van der Waals surface area contributed by atoms with E-state index in [-0.39, 0.29) is 0 Å². The van der Waals surface area contributed by atoms with Gasteiger partial charge in [0.05, 0.1) is 25.3 Å². The molecule has 0 heterocycles. The van der Waals surface area contributed by atoms with Gasteiger partial charge in [-0.2, -0.15) is 0 Å². The van der Waals surface area contributed by atoms with Gasteiger partial charge in [-0.05, 0) is 140 Å². The number of ether oxygens (including phenoxy) is 2. The first kappa shape index (κ1) is 49.3. The fourth-order valence-corrected chi connectivity index (χ4v) is 9.77. The van der Waals surface area contributed by atoms with Crippen LogP contribution in [0.15, 0.2) is 231 Å². The van der Waals surface area contributed by atoms with Gasteiger partial charge in [-0.25, -0.2) is 0 Å². The van der Waals surface area contributed by atoms with Gasteiger partial charge in [0.2, 0.25) is 0 Å². The lowest BCUT2D eigenvalue weighted by Crippen LogP contribution is -1.94. The SMILES string of the molecule is COc1cc(C#Cc2ccccc2)c(C#Cc2ccccc2)cc1C#Cc1cc(C#Cc2cc(C#Cc3ccccc3)c(C#Cc3ccccc3)cc2OC)cc(C#Cc2ccc3c4cccc5cccc(c6cccc2c63)c54)c1. The van der Waals surface area contributed by atoms with Gasteiger partial charge in [-0.15, -0.1) is 0 Å². The third-order valence-corrected chi connectivity index (χ3v) is 13.6. The maximum Gasteiger partial charge on any atom is 0.135 e. The Morgan fingerprint density at radius 3 is 0.925 bits per heavy atom. The molecule has 0 aliphatic heterocycles. The highest BCUT2D eigenvalue weighted by molar-refractivity contribution is 6.33. The minimum Gasteiger partial charge on any atom is -0.495 e. The maximum atomic E-state index is 5.99. The van der Waals surface area contributed by atoms with E-state index in [0.29, 0.717) is 33.8 Å². The van der Waals surface area contributed by atoms with Crippen molar-refractivity contribution in [2.75, 3.05) is 14.2 Å². The topological polar surface area (TPSA) is 18.5 Å². The Kier molecular flexibility index (Phi) is 14.0. The molecule has 2 heteroatoms. The molecule has 0 saturated heterocycles. The van der Waals surface area contributed by atoms with Gasteiger partial charge in [-0.1, -0.05) is 216 Å². The van der Waals surface area contributed by atoms with E-state index in [1.165, 1.54) is 37.7 Å². The van der Waals surface area contributed by atoms with Crippen LogP contribution < -0.4 is 9.47 Å². The summed E-state index contributed by atoms with van der Waals surface area (Å²) in [5, 5.41) is 9.70. The quantitative estimate of drug-likeness (QED) is 0.0976. The van der Waals surface area contributed by atoms with Crippen LogP contribution in [0.4, 0.5) is 0 Å². The van der Waals surface area contributed by atoms with Crippen molar-refractivity contribution < 1.29 is 9.47 Å². The number of hydrogen-bond acceptors (Lipinski definition) is 2. The molecule has 0 aromatic heterocycles. The number of methoxy groups -OCH3 is 2. The van der Waals surface area contributed by atoms with Crippen molar-refractivity contribution in [2.45, 2.75) is 0 Å². The van der Waals surface area contributed by atoms with Crippen molar-refractivity contribution in [1.82, 2.24) is 0 Å². The summed E-state index contributed by atoms with van der Waals surface area (Å²) in [6.07, 6.45) is 0. The minimum absolute atomic E-state index is 0.577. The molecule has 0 saturated carbocycles. The van der Waals surface area contributed by atoms with E-state index in [1.807, 2.05) is 164 Å². The highest BCUT2D eigenvalue weighted by Crippen LogP contribution is 2.41. The van der Waals surface area contributed by atoms with Gasteiger partial charge >= 0.3 is 0 Å². The van der Waals surface area contributed by atoms with E-state index < -0.39 is 0 Å². The van der Waals surface area contributed by atoms with Crippen LogP contribution in [0.3, 0.4) is 0 Å². The van der Waals surface area contributed by atoms with Crippen molar-refractivity contribution in [3.63, 3.8) is 0 Å². The average molecular weight is 1010 g/mol. The van der Waals surface area contributed by atoms with Crippen molar-refractivity contribution in [1.29, 1.82) is 0 Å². The normalized spacial score (nSPS) is 10.2. The average Bonchev–Trinajstić information content (AvgIpc) is 3.63. The molecule has 0 N–H and O–H groups in total. The summed E-state index contributed by atoms with van der Waals surface area (Å²) in [5.41, 5.74) is 10.9. The summed E-state index contributed by atoms with van der Waals surface area (Å²) in [6.45, 7) is 0. The molecule has 0 aliphatic rings. The molecule has 0 amide bonds. The van der Waals surface area contributed by atoms with Crippen molar-refractivity contribution in [2.24, 2.45) is 0 Å². The Hall–Kier alpha value is -11.5. The Morgan fingerprint density at radius 1 is 0.212 bits per heavy atom. The maximum absolute atomic E-state index is 5.99. The summed E-state index contributed by atoms with van der Waals surface area (Å²) < 4.78 is 12.0. The molecule has 0 atom stereocenters. The smallest absolute Gasteiger partial charge is 0.135 e. The first-order valence-corrected chi connectivity index (χ1v) is 26.1. The zero-order chi connectivity index (χ0) is 54.0. The van der Waals surface area contributed by atoms with Crippen LogP contribution in [0, 0.1) is 82.9 Å². The summed E-state index contributed by atoms with van der Waals surface area (Å²) in [6, 6.07) is 77.3. The number of fused-ring (bicyclic) bond motifs is 2. The second-order valence-electron chi connectivity index (χ2n) is 18.8. The van der Waals surface area contributed by atoms with E-state index in [4.69, 9.17) is 9.47 Å². The standard InChI is InChI=1S/C78H44O2/c1-79-75-53-66(42-34-57-22-11-5-12-23-57)64(40-32-55-18-7-3-8-19-55)51-68(75)44-37-60-48-59(36-39-62-46-47-74-72-30-16-27-63-26-15-29-71(77(63)72)73-31-17-28-70(62)78(73)74)49-61(50-60)38-45-69-52-65(41-33-56-20-9-4-10-21-56)67(54-76(69)80-2)43-35-58-24-13-6-14-25-58/h3-31,46-54H,1-2H3. The molecule has 0 bridgehead atoms. The number of benzene rings is 12. The molecule has 0 unspecified atom stereocenters. The summed E-state index contributed by atoms with van der Waals surface area (Å²) >= 11 is 0. The minimum atomic E-state index is 0.577. The summed E-state index contributed by atoms with van der Waals surface area (Å²) in [7, 11) is 3.29. The molecule has 12 aromatic rings. The van der Waals surface area contributed by atoms with Crippen LogP contribution in [0.1, 0.15) is 77.9 Å². The monoisotopic (exact) mass is 1010 g/mol. The van der Waals surface area contributed by atoms with E-state index >= 15 is 0 Å². The lowest BCUT2D eigenvalue weighted by Gasteiger charge is -2.14. The second kappa shape index (κ2) is 22.7. The zero-order valence-corrected chi connectivity index (χ0v) is 43.8. The Balaban J connectivity index is 0.994. The molecule has 12 rings (SSSR count). The van der Waals surface area contributed by atoms with Crippen molar-refractivity contribution in [3.05, 3.63) is 308 Å². The fourth-order valence-electron chi connectivity index (χ4n) is 9.77. The molecule has 0 fully saturated rings. The summed E-state index contributed by atoms with van der Waals surface area (Å²) in [5.74, 6) is 48.8. The lowest BCUT2D eigenvalue weighted by molar-refractivity contribution is 0.413. The molecule has 80 heavy (non-hydrogen) atoms. The van der Waals surface area contributed by atoms with Crippen LogP contribution in [-0.2, 0) is 0 Å². The van der Waals surface area contributed by atoms with Gasteiger partial charge in [0.15, 0.2) is 0 Å². The molecule has 12 aromatic carbocycles. The Labute approximate surface area is 467 Å². The first-order chi connectivity index (χ1) is 39.5. The van der Waals surface area contributed by atoms with Crippen molar-refractivity contribution in [3.8, 4) is 94.4 Å². The molecule has 2 nitrogen and oxygen atoms in total. The van der Waals surface area contributed by atoms with E-state index in [9.17, 15) is 0 Å². The van der Waals surface area contributed by atoms with Crippen LogP contribution in [0.5, 0.6) is 11.5 Å².